The van der Waals surface area contributed by atoms with Crippen LogP contribution in [0.5, 0.6) is 0 Å². The van der Waals surface area contributed by atoms with E-state index in [1.54, 1.807) is 14.2 Å². The molecule has 0 aromatic heterocycles. The van der Waals surface area contributed by atoms with Gasteiger partial charge in [0.15, 0.2) is 0 Å². The van der Waals surface area contributed by atoms with Gasteiger partial charge in [0.1, 0.15) is 0 Å². The minimum absolute atomic E-state index is 0.546. The molecule has 5 heteroatoms. The second-order valence-electron chi connectivity index (χ2n) is 3.61. The van der Waals surface area contributed by atoms with Crippen LogP contribution in [0.3, 0.4) is 0 Å². The first-order valence-electron chi connectivity index (χ1n) is 6.25. The molecule has 0 heterocycles. The lowest BCUT2D eigenvalue weighted by atomic mass is 10.2. The molecule has 2 unspecified atom stereocenters. The Morgan fingerprint density at radius 1 is 0.765 bits per heavy atom. The Kier molecular flexibility index (Phi) is 7.91. The first-order chi connectivity index (χ1) is 8.07. The molecule has 0 aliphatic rings. The summed E-state index contributed by atoms with van der Waals surface area (Å²) in [5.41, 5.74) is 0. The topological polar surface area (TPSA) is 49.0 Å². The molecule has 1 N–H and O–H groups in total. The molecular weight excluding hydrogens is 222 g/mol. The summed E-state index contributed by atoms with van der Waals surface area (Å²) in [6.45, 7) is 8.90. The van der Waals surface area contributed by atoms with Crippen molar-refractivity contribution in [3.05, 3.63) is 0 Å². The molecule has 0 aromatic rings. The molecule has 0 aliphatic carbocycles. The number of hydrogen-bond acceptors (Lipinski definition) is 5. The summed E-state index contributed by atoms with van der Waals surface area (Å²) in [7, 11) is 3.21. The van der Waals surface area contributed by atoms with Gasteiger partial charge >= 0.3 is 0 Å². The highest BCUT2D eigenvalue weighted by molar-refractivity contribution is 4.74. The maximum atomic E-state index is 5.64. The van der Waals surface area contributed by atoms with Gasteiger partial charge in [0.05, 0.1) is 0 Å². The average molecular weight is 249 g/mol. The largest absolute Gasteiger partial charge is 0.341 e. The van der Waals surface area contributed by atoms with E-state index in [1.807, 2.05) is 27.7 Å². The van der Waals surface area contributed by atoms with E-state index in [0.29, 0.717) is 26.1 Å². The Balaban J connectivity index is 4.89. The van der Waals surface area contributed by atoms with Gasteiger partial charge in [0.25, 0.3) is 0 Å². The van der Waals surface area contributed by atoms with Gasteiger partial charge < -0.3 is 18.9 Å². The molecule has 0 radical (unpaired) electrons. The highest BCUT2D eigenvalue weighted by Crippen LogP contribution is 2.22. The maximum absolute atomic E-state index is 5.64. The molecule has 5 nitrogen and oxygen atoms in total. The lowest BCUT2D eigenvalue weighted by molar-refractivity contribution is -0.332. The van der Waals surface area contributed by atoms with E-state index in [9.17, 15) is 0 Å². The predicted octanol–water partition coefficient (Wildman–Crippen LogP) is 2.07. The fourth-order valence-corrected chi connectivity index (χ4v) is 1.72. The van der Waals surface area contributed by atoms with Crippen molar-refractivity contribution in [3.63, 3.8) is 0 Å². The Morgan fingerprint density at radius 2 is 1.12 bits per heavy atom. The molecule has 0 saturated heterocycles. The lowest BCUT2D eigenvalue weighted by Gasteiger charge is -2.41. The van der Waals surface area contributed by atoms with Gasteiger partial charge in [-0.25, -0.2) is 5.32 Å². The van der Waals surface area contributed by atoms with Gasteiger partial charge in [-0.15, -0.1) is 0 Å². The highest BCUT2D eigenvalue weighted by atomic mass is 16.8. The molecular formula is C12H27NO4. The van der Waals surface area contributed by atoms with Crippen molar-refractivity contribution < 1.29 is 18.9 Å². The van der Waals surface area contributed by atoms with Crippen LogP contribution in [0, 0.1) is 0 Å². The highest BCUT2D eigenvalue weighted by Gasteiger charge is 2.40. The van der Waals surface area contributed by atoms with Crippen molar-refractivity contribution in [2.24, 2.45) is 0 Å². The number of rotatable bonds is 10. The molecule has 0 aromatic carbocycles. The van der Waals surface area contributed by atoms with E-state index in [0.717, 1.165) is 0 Å². The Labute approximate surface area is 105 Å². The van der Waals surface area contributed by atoms with Crippen LogP contribution in [0.4, 0.5) is 0 Å². The summed E-state index contributed by atoms with van der Waals surface area (Å²) in [6, 6.07) is 0. The Morgan fingerprint density at radius 3 is 1.29 bits per heavy atom. The maximum Gasteiger partial charge on any atom is 0.230 e. The van der Waals surface area contributed by atoms with Crippen LogP contribution in [0.25, 0.3) is 0 Å². The zero-order chi connectivity index (χ0) is 13.4. The first-order valence-corrected chi connectivity index (χ1v) is 6.25. The third kappa shape index (κ3) is 4.52. The fourth-order valence-electron chi connectivity index (χ4n) is 1.72. The molecule has 2 atom stereocenters. The summed E-state index contributed by atoms with van der Waals surface area (Å²) in [6.07, 6.45) is 1.30. The minimum atomic E-state index is -0.879. The van der Waals surface area contributed by atoms with Gasteiger partial charge in [0.2, 0.25) is 11.8 Å². The van der Waals surface area contributed by atoms with Gasteiger partial charge in [0, 0.05) is 40.3 Å². The van der Waals surface area contributed by atoms with Crippen LogP contribution in [0.2, 0.25) is 0 Å². The predicted molar refractivity (Wildman–Crippen MR) is 66.4 cm³/mol. The van der Waals surface area contributed by atoms with Gasteiger partial charge in [-0.2, -0.15) is 0 Å². The molecule has 0 bridgehead atoms. The average Bonchev–Trinajstić information content (AvgIpc) is 2.37. The smallest absolute Gasteiger partial charge is 0.230 e. The standard InChI is InChI=1S/C12H27NO4/c1-7-11(14-5,16-9-3)13-12(8-2,15-6)17-10-4/h13H,7-10H2,1-6H3. The van der Waals surface area contributed by atoms with Crippen molar-refractivity contribution >= 4 is 0 Å². The second kappa shape index (κ2) is 8.00. The van der Waals surface area contributed by atoms with Crippen LogP contribution in [-0.2, 0) is 18.9 Å². The summed E-state index contributed by atoms with van der Waals surface area (Å²) in [4.78, 5) is 0. The third-order valence-corrected chi connectivity index (χ3v) is 2.73. The fraction of sp³-hybridized carbons (Fsp3) is 1.00. The van der Waals surface area contributed by atoms with Gasteiger partial charge in [-0.05, 0) is 13.8 Å². The van der Waals surface area contributed by atoms with Crippen LogP contribution >= 0.6 is 0 Å². The molecule has 17 heavy (non-hydrogen) atoms. The quantitative estimate of drug-likeness (QED) is 0.601. The SMILES string of the molecule is CCOC(CC)(NC(CC)(OC)OCC)OC. The van der Waals surface area contributed by atoms with Crippen LogP contribution in [-0.4, -0.2) is 39.3 Å². The number of methoxy groups -OCH3 is 2. The first kappa shape index (κ1) is 16.8. The zero-order valence-electron chi connectivity index (χ0n) is 12.0. The number of hydrogen-bond donors (Lipinski definition) is 1. The summed E-state index contributed by atoms with van der Waals surface area (Å²) in [5, 5.41) is 3.19. The van der Waals surface area contributed by atoms with E-state index in [1.165, 1.54) is 0 Å². The van der Waals surface area contributed by atoms with Crippen molar-refractivity contribution in [1.29, 1.82) is 0 Å². The molecule has 0 rings (SSSR count). The number of nitrogens with one attached hydrogen (secondary N) is 1. The normalized spacial score (nSPS) is 18.7. The van der Waals surface area contributed by atoms with E-state index in [4.69, 9.17) is 18.9 Å². The minimum Gasteiger partial charge on any atom is -0.341 e. The third-order valence-electron chi connectivity index (χ3n) is 2.73. The van der Waals surface area contributed by atoms with Crippen molar-refractivity contribution in [3.8, 4) is 0 Å². The summed E-state index contributed by atoms with van der Waals surface area (Å²) < 4.78 is 22.2. The number of ether oxygens (including phenoxy) is 4. The molecule has 0 saturated carbocycles. The van der Waals surface area contributed by atoms with Gasteiger partial charge in [-0.3, -0.25) is 0 Å². The monoisotopic (exact) mass is 249 g/mol. The zero-order valence-corrected chi connectivity index (χ0v) is 12.0. The second-order valence-corrected chi connectivity index (χ2v) is 3.61. The molecule has 0 fully saturated rings. The molecule has 0 amide bonds. The lowest BCUT2D eigenvalue weighted by Crippen LogP contribution is -2.62. The van der Waals surface area contributed by atoms with Gasteiger partial charge in [-0.1, -0.05) is 13.8 Å². The van der Waals surface area contributed by atoms with Crippen LogP contribution < -0.4 is 5.32 Å². The molecule has 0 spiro atoms. The van der Waals surface area contributed by atoms with E-state index < -0.39 is 11.8 Å². The summed E-state index contributed by atoms with van der Waals surface area (Å²) in [5.74, 6) is -1.76. The van der Waals surface area contributed by atoms with E-state index in [2.05, 4.69) is 5.32 Å². The Hall–Kier alpha value is -0.200. The van der Waals surface area contributed by atoms with Crippen molar-refractivity contribution in [2.75, 3.05) is 27.4 Å². The van der Waals surface area contributed by atoms with E-state index in [-0.39, 0.29) is 0 Å². The van der Waals surface area contributed by atoms with E-state index >= 15 is 0 Å². The van der Waals surface area contributed by atoms with Crippen LogP contribution in [0.15, 0.2) is 0 Å². The Bertz CT molecular complexity index is 171. The van der Waals surface area contributed by atoms with Crippen molar-refractivity contribution in [1.82, 2.24) is 5.32 Å². The molecule has 0 aliphatic heterocycles. The summed E-state index contributed by atoms with van der Waals surface area (Å²) >= 11 is 0. The molecule has 104 valence electrons. The van der Waals surface area contributed by atoms with Crippen molar-refractivity contribution in [2.45, 2.75) is 52.4 Å². The van der Waals surface area contributed by atoms with Crippen LogP contribution in [0.1, 0.15) is 40.5 Å².